The Labute approximate surface area is 179 Å². The molecule has 6 nitrogen and oxygen atoms in total. The first-order valence-corrected chi connectivity index (χ1v) is 9.91. The van der Waals surface area contributed by atoms with Crippen molar-refractivity contribution in [2.45, 2.75) is 26.7 Å². The highest BCUT2D eigenvalue weighted by Gasteiger charge is 2.11. The Morgan fingerprint density at radius 2 is 1.80 bits per heavy atom. The highest BCUT2D eigenvalue weighted by atomic mass is 16.2. The SMILES string of the molecule is CC/C=C(/C=C(\C=C(/C)C(=O)NC)C(=O)NCC(C=NC)=CN)Cc1ccccc1. The molecule has 1 aromatic rings. The summed E-state index contributed by atoms with van der Waals surface area (Å²) in [6.45, 7) is 3.96. The first kappa shape index (κ1) is 24.6. The standard InChI is InChI=1S/C24H32N4O2/c1-5-9-20(13-19-10-7-6-8-11-19)14-22(12-18(2)23(29)27-4)24(30)28-17-21(15-25)16-26-3/h6-12,14-16H,5,13,17,25H2,1-4H3,(H,27,29)(H,28,30)/b18-12+,20-9+,21-15?,22-14+,26-16?. The normalized spacial score (nSPS) is 13.5. The van der Waals surface area contributed by atoms with Crippen molar-refractivity contribution in [3.05, 3.63) is 82.6 Å². The van der Waals surface area contributed by atoms with E-state index in [0.717, 1.165) is 17.6 Å². The van der Waals surface area contributed by atoms with E-state index in [4.69, 9.17) is 5.73 Å². The van der Waals surface area contributed by atoms with Crippen molar-refractivity contribution >= 4 is 18.0 Å². The van der Waals surface area contributed by atoms with E-state index in [2.05, 4.69) is 21.7 Å². The van der Waals surface area contributed by atoms with Crippen molar-refractivity contribution in [2.24, 2.45) is 10.7 Å². The van der Waals surface area contributed by atoms with E-state index >= 15 is 0 Å². The molecule has 2 amide bonds. The van der Waals surface area contributed by atoms with Crippen LogP contribution in [0.25, 0.3) is 0 Å². The van der Waals surface area contributed by atoms with Gasteiger partial charge in [-0.1, -0.05) is 43.3 Å². The number of nitrogens with one attached hydrogen (secondary N) is 2. The van der Waals surface area contributed by atoms with Crippen molar-refractivity contribution in [3.8, 4) is 0 Å². The Morgan fingerprint density at radius 3 is 2.37 bits per heavy atom. The average molecular weight is 409 g/mol. The number of likely N-dealkylation sites (N-methyl/N-ethyl adjacent to an activating group) is 1. The summed E-state index contributed by atoms with van der Waals surface area (Å²) in [5, 5.41) is 5.42. The van der Waals surface area contributed by atoms with Crippen molar-refractivity contribution in [1.29, 1.82) is 0 Å². The van der Waals surface area contributed by atoms with Gasteiger partial charge >= 0.3 is 0 Å². The molecule has 4 N–H and O–H groups in total. The zero-order valence-electron chi connectivity index (χ0n) is 18.2. The maximum Gasteiger partial charge on any atom is 0.251 e. The van der Waals surface area contributed by atoms with Gasteiger partial charge in [0.1, 0.15) is 0 Å². The lowest BCUT2D eigenvalue weighted by molar-refractivity contribution is -0.117. The number of carbonyl (C=O) groups excluding carboxylic acids is 2. The highest BCUT2D eigenvalue weighted by Crippen LogP contribution is 2.15. The van der Waals surface area contributed by atoms with Crippen LogP contribution in [0.4, 0.5) is 0 Å². The Bertz CT molecular complexity index is 862. The molecule has 0 aliphatic heterocycles. The van der Waals surface area contributed by atoms with E-state index < -0.39 is 0 Å². The van der Waals surface area contributed by atoms with Crippen LogP contribution >= 0.6 is 0 Å². The van der Waals surface area contributed by atoms with Crippen LogP contribution in [0, 0.1) is 0 Å². The predicted molar refractivity (Wildman–Crippen MR) is 124 cm³/mol. The van der Waals surface area contributed by atoms with Gasteiger partial charge in [0, 0.05) is 49.8 Å². The van der Waals surface area contributed by atoms with E-state index in [1.54, 1.807) is 33.3 Å². The maximum atomic E-state index is 12.9. The van der Waals surface area contributed by atoms with Crippen LogP contribution < -0.4 is 16.4 Å². The molecule has 0 bridgehead atoms. The van der Waals surface area contributed by atoms with Crippen LogP contribution in [0.2, 0.25) is 0 Å². The van der Waals surface area contributed by atoms with Gasteiger partial charge in [-0.25, -0.2) is 0 Å². The number of nitrogens with two attached hydrogens (primary N) is 1. The minimum atomic E-state index is -0.294. The zero-order chi connectivity index (χ0) is 22.4. The molecule has 160 valence electrons. The zero-order valence-corrected chi connectivity index (χ0v) is 18.2. The molecule has 0 aliphatic rings. The van der Waals surface area contributed by atoms with Gasteiger partial charge in [-0.2, -0.15) is 0 Å². The lowest BCUT2D eigenvalue weighted by Gasteiger charge is -2.10. The summed E-state index contributed by atoms with van der Waals surface area (Å²) in [4.78, 5) is 28.8. The fourth-order valence-corrected chi connectivity index (χ4v) is 2.74. The van der Waals surface area contributed by atoms with E-state index in [9.17, 15) is 9.59 Å². The molecule has 0 unspecified atom stereocenters. The number of carbonyl (C=O) groups is 2. The number of hydrogen-bond acceptors (Lipinski definition) is 4. The summed E-state index contributed by atoms with van der Waals surface area (Å²) in [7, 11) is 3.20. The molecule has 1 rings (SSSR count). The number of hydrogen-bond donors (Lipinski definition) is 3. The fraction of sp³-hybridized carbons (Fsp3) is 0.292. The van der Waals surface area contributed by atoms with E-state index in [-0.39, 0.29) is 18.4 Å². The summed E-state index contributed by atoms with van der Waals surface area (Å²) in [5.74, 6) is -0.532. The van der Waals surface area contributed by atoms with Crippen molar-refractivity contribution < 1.29 is 9.59 Å². The first-order chi connectivity index (χ1) is 14.4. The summed E-state index contributed by atoms with van der Waals surface area (Å²) >= 11 is 0. The first-order valence-electron chi connectivity index (χ1n) is 9.91. The number of benzene rings is 1. The van der Waals surface area contributed by atoms with Crippen LogP contribution in [0.1, 0.15) is 25.8 Å². The minimum absolute atomic E-state index is 0.238. The van der Waals surface area contributed by atoms with Gasteiger partial charge in [-0.15, -0.1) is 0 Å². The molecule has 6 heteroatoms. The Hall–Kier alpha value is -3.41. The van der Waals surface area contributed by atoms with Gasteiger partial charge in [0.15, 0.2) is 0 Å². The van der Waals surface area contributed by atoms with Crippen LogP contribution in [-0.4, -0.2) is 38.7 Å². The molecule has 1 aromatic carbocycles. The second-order valence-corrected chi connectivity index (χ2v) is 6.67. The quantitative estimate of drug-likeness (QED) is 0.315. The number of nitrogens with zero attached hydrogens (tertiary/aromatic N) is 1. The van der Waals surface area contributed by atoms with E-state index in [0.29, 0.717) is 23.1 Å². The summed E-state index contributed by atoms with van der Waals surface area (Å²) in [6.07, 6.45) is 10.0. The van der Waals surface area contributed by atoms with Gasteiger partial charge in [0.05, 0.1) is 0 Å². The van der Waals surface area contributed by atoms with Gasteiger partial charge in [-0.05, 0) is 43.1 Å². The van der Waals surface area contributed by atoms with Crippen molar-refractivity contribution in [1.82, 2.24) is 10.6 Å². The van der Waals surface area contributed by atoms with E-state index in [1.165, 1.54) is 6.20 Å². The molecule has 0 aliphatic carbocycles. The van der Waals surface area contributed by atoms with Crippen molar-refractivity contribution in [2.75, 3.05) is 20.6 Å². The third-order valence-corrected chi connectivity index (χ3v) is 4.24. The van der Waals surface area contributed by atoms with Gasteiger partial charge in [-0.3, -0.25) is 14.6 Å². The third-order valence-electron chi connectivity index (χ3n) is 4.24. The topological polar surface area (TPSA) is 96.6 Å². The third kappa shape index (κ3) is 8.73. The molecule has 0 radical (unpaired) electrons. The fourth-order valence-electron chi connectivity index (χ4n) is 2.74. The van der Waals surface area contributed by atoms with Crippen LogP contribution in [0.3, 0.4) is 0 Å². The monoisotopic (exact) mass is 408 g/mol. The highest BCUT2D eigenvalue weighted by molar-refractivity contribution is 6.01. The molecule has 30 heavy (non-hydrogen) atoms. The van der Waals surface area contributed by atoms with Gasteiger partial charge in [0.25, 0.3) is 5.91 Å². The molecule has 0 spiro atoms. The maximum absolute atomic E-state index is 12.9. The predicted octanol–water partition coefficient (Wildman–Crippen LogP) is 2.84. The number of rotatable bonds is 10. The summed E-state index contributed by atoms with van der Waals surface area (Å²) in [5.41, 5.74) is 9.25. The summed E-state index contributed by atoms with van der Waals surface area (Å²) < 4.78 is 0. The average Bonchev–Trinajstić information content (AvgIpc) is 2.76. The molecule has 0 atom stereocenters. The lowest BCUT2D eigenvalue weighted by Crippen LogP contribution is -2.28. The largest absolute Gasteiger partial charge is 0.404 e. The second kappa shape index (κ2) is 13.7. The van der Waals surface area contributed by atoms with Crippen LogP contribution in [0.5, 0.6) is 0 Å². The van der Waals surface area contributed by atoms with Gasteiger partial charge < -0.3 is 16.4 Å². The number of amides is 2. The molecular weight excluding hydrogens is 376 g/mol. The Kier molecular flexibility index (Phi) is 11.3. The van der Waals surface area contributed by atoms with Crippen molar-refractivity contribution in [3.63, 3.8) is 0 Å². The Morgan fingerprint density at radius 1 is 1.10 bits per heavy atom. The smallest absolute Gasteiger partial charge is 0.251 e. The molecule has 0 aromatic heterocycles. The van der Waals surface area contributed by atoms with Crippen LogP contribution in [0.15, 0.2) is 82.0 Å². The number of aliphatic imine (C=N–C) groups is 1. The lowest BCUT2D eigenvalue weighted by atomic mass is 10.00. The molecular formula is C24H32N4O2. The second-order valence-electron chi connectivity index (χ2n) is 6.67. The summed E-state index contributed by atoms with van der Waals surface area (Å²) in [6, 6.07) is 10.0. The van der Waals surface area contributed by atoms with Crippen LogP contribution in [-0.2, 0) is 16.0 Å². The Balaban J connectivity index is 3.23. The number of allylic oxidation sites excluding steroid dienone is 3. The molecule has 0 fully saturated rings. The van der Waals surface area contributed by atoms with E-state index in [1.807, 2.05) is 43.3 Å². The minimum Gasteiger partial charge on any atom is -0.404 e. The molecule has 0 saturated carbocycles. The molecule has 0 saturated heterocycles. The van der Waals surface area contributed by atoms with Gasteiger partial charge in [0.2, 0.25) is 5.91 Å². The molecule has 0 heterocycles.